The van der Waals surface area contributed by atoms with Crippen molar-refractivity contribution in [1.29, 1.82) is 0 Å². The normalized spacial score (nSPS) is 12.7. The topological polar surface area (TPSA) is 72.2 Å². The molecule has 5 nitrogen and oxygen atoms in total. The maximum atomic E-state index is 11.7. The van der Waals surface area contributed by atoms with Crippen LogP contribution in [-0.2, 0) is 26.2 Å². The Labute approximate surface area is 202 Å². The van der Waals surface area contributed by atoms with Crippen molar-refractivity contribution in [1.82, 2.24) is 0 Å². The standard InChI is InChI=1S/C27H30NO4S2/c1-21(2)20-28-24(14-8-22-10-16-26(17-11-22)33(3,29)30)6-5-7-25(28)15-9-23-12-18-27(19-13-23)34(4,31)32/h5-19,21H,20H2,1-4H3/q+1/b14-8+,15-9+. The second kappa shape index (κ2) is 10.5. The molecule has 0 aliphatic rings. The van der Waals surface area contributed by atoms with Gasteiger partial charge in [-0.2, -0.15) is 4.57 Å². The Morgan fingerprint density at radius 3 is 1.35 bits per heavy atom. The fourth-order valence-electron chi connectivity index (χ4n) is 3.46. The van der Waals surface area contributed by atoms with E-state index in [4.69, 9.17) is 0 Å². The van der Waals surface area contributed by atoms with Gasteiger partial charge < -0.3 is 0 Å². The molecule has 0 radical (unpaired) electrons. The molecule has 0 saturated heterocycles. The van der Waals surface area contributed by atoms with Crippen LogP contribution < -0.4 is 4.57 Å². The van der Waals surface area contributed by atoms with Gasteiger partial charge in [-0.3, -0.25) is 0 Å². The van der Waals surface area contributed by atoms with E-state index in [1.807, 2.05) is 42.5 Å². The first-order valence-corrected chi connectivity index (χ1v) is 14.7. The minimum Gasteiger partial charge on any atom is -0.224 e. The highest BCUT2D eigenvalue weighted by Gasteiger charge is 2.15. The van der Waals surface area contributed by atoms with E-state index in [9.17, 15) is 16.8 Å². The molecule has 0 amide bonds. The number of nitrogens with zero attached hydrogens (tertiary/aromatic N) is 1. The van der Waals surface area contributed by atoms with Gasteiger partial charge in [0.05, 0.1) is 9.79 Å². The lowest BCUT2D eigenvalue weighted by atomic mass is 10.1. The van der Waals surface area contributed by atoms with Gasteiger partial charge in [-0.05, 0) is 53.6 Å². The van der Waals surface area contributed by atoms with E-state index in [2.05, 4.69) is 18.4 Å². The van der Waals surface area contributed by atoms with Crippen molar-refractivity contribution < 1.29 is 21.4 Å². The minimum atomic E-state index is -3.22. The predicted octanol–water partition coefficient (Wildman–Crippen LogP) is 4.78. The molecule has 178 valence electrons. The van der Waals surface area contributed by atoms with Crippen LogP contribution in [0.15, 0.2) is 76.5 Å². The summed E-state index contributed by atoms with van der Waals surface area (Å²) < 4.78 is 48.9. The van der Waals surface area contributed by atoms with Gasteiger partial charge in [-0.1, -0.05) is 38.1 Å². The smallest absolute Gasteiger partial charge is 0.205 e. The van der Waals surface area contributed by atoms with Crippen LogP contribution in [0.3, 0.4) is 0 Å². The summed E-state index contributed by atoms with van der Waals surface area (Å²) in [5.41, 5.74) is 3.87. The maximum Gasteiger partial charge on any atom is 0.205 e. The Bertz CT molecular complexity index is 1310. The third kappa shape index (κ3) is 6.98. The summed E-state index contributed by atoms with van der Waals surface area (Å²) in [5.74, 6) is 0.426. The molecule has 1 aromatic heterocycles. The zero-order valence-electron chi connectivity index (χ0n) is 19.8. The van der Waals surface area contributed by atoms with Gasteiger partial charge in [0.2, 0.25) is 11.4 Å². The van der Waals surface area contributed by atoms with Crippen molar-refractivity contribution in [3.63, 3.8) is 0 Å². The maximum absolute atomic E-state index is 11.7. The summed E-state index contributed by atoms with van der Waals surface area (Å²) in [6, 6.07) is 19.7. The van der Waals surface area contributed by atoms with Crippen LogP contribution in [0.4, 0.5) is 0 Å². The van der Waals surface area contributed by atoms with E-state index in [0.29, 0.717) is 15.7 Å². The summed E-state index contributed by atoms with van der Waals surface area (Å²) in [6.07, 6.45) is 10.4. The Balaban J connectivity index is 1.91. The summed E-state index contributed by atoms with van der Waals surface area (Å²) in [6.45, 7) is 5.14. The molecule has 0 atom stereocenters. The van der Waals surface area contributed by atoms with Gasteiger partial charge in [0.25, 0.3) is 0 Å². The molecule has 0 saturated carbocycles. The second-order valence-electron chi connectivity index (χ2n) is 8.73. The van der Waals surface area contributed by atoms with Gasteiger partial charge >= 0.3 is 0 Å². The number of sulfone groups is 2. The molecular formula is C27H30NO4S2+. The summed E-state index contributed by atoms with van der Waals surface area (Å²) in [5, 5.41) is 0. The van der Waals surface area contributed by atoms with E-state index in [-0.39, 0.29) is 0 Å². The van der Waals surface area contributed by atoms with Crippen LogP contribution in [0, 0.1) is 5.92 Å². The molecule has 2 aromatic carbocycles. The molecule has 0 spiro atoms. The van der Waals surface area contributed by atoms with Crippen molar-refractivity contribution in [2.24, 2.45) is 5.92 Å². The quantitative estimate of drug-likeness (QED) is 0.421. The summed E-state index contributed by atoms with van der Waals surface area (Å²) >= 11 is 0. The number of aromatic nitrogens is 1. The van der Waals surface area contributed by atoms with Gasteiger partial charge in [-0.15, -0.1) is 0 Å². The van der Waals surface area contributed by atoms with Crippen LogP contribution in [-0.4, -0.2) is 29.3 Å². The highest BCUT2D eigenvalue weighted by atomic mass is 32.2. The Hall–Kier alpha value is -3.03. The van der Waals surface area contributed by atoms with Crippen LogP contribution >= 0.6 is 0 Å². The van der Waals surface area contributed by atoms with Gasteiger partial charge in [-0.25, -0.2) is 16.8 Å². The van der Waals surface area contributed by atoms with Crippen molar-refractivity contribution >= 4 is 44.0 Å². The third-order valence-electron chi connectivity index (χ3n) is 5.21. The fourth-order valence-corrected chi connectivity index (χ4v) is 4.72. The molecule has 34 heavy (non-hydrogen) atoms. The van der Waals surface area contributed by atoms with E-state index >= 15 is 0 Å². The molecule has 3 aromatic rings. The Morgan fingerprint density at radius 1 is 0.647 bits per heavy atom. The monoisotopic (exact) mass is 496 g/mol. The first-order chi connectivity index (χ1) is 15.9. The molecule has 0 fully saturated rings. The van der Waals surface area contributed by atoms with Crippen molar-refractivity contribution in [2.75, 3.05) is 12.5 Å². The predicted molar refractivity (Wildman–Crippen MR) is 138 cm³/mol. The zero-order valence-corrected chi connectivity index (χ0v) is 21.5. The van der Waals surface area contributed by atoms with Gasteiger partial charge in [0.15, 0.2) is 26.2 Å². The highest BCUT2D eigenvalue weighted by Crippen LogP contribution is 2.15. The molecular weight excluding hydrogens is 466 g/mol. The van der Waals surface area contributed by atoms with Crippen LogP contribution in [0.5, 0.6) is 0 Å². The fraction of sp³-hybridized carbons (Fsp3) is 0.222. The van der Waals surface area contributed by atoms with Crippen molar-refractivity contribution in [2.45, 2.75) is 30.2 Å². The molecule has 0 aliphatic heterocycles. The summed E-state index contributed by atoms with van der Waals surface area (Å²) in [4.78, 5) is 0.604. The third-order valence-corrected chi connectivity index (χ3v) is 7.47. The highest BCUT2D eigenvalue weighted by molar-refractivity contribution is 7.91. The Morgan fingerprint density at radius 2 is 1.03 bits per heavy atom. The average Bonchev–Trinajstić information content (AvgIpc) is 2.76. The molecule has 0 aliphatic carbocycles. The van der Waals surface area contributed by atoms with E-state index < -0.39 is 19.7 Å². The number of benzene rings is 2. The van der Waals surface area contributed by atoms with E-state index in [0.717, 1.165) is 29.1 Å². The first kappa shape index (κ1) is 25.6. The average molecular weight is 497 g/mol. The van der Waals surface area contributed by atoms with E-state index in [1.165, 1.54) is 12.5 Å². The largest absolute Gasteiger partial charge is 0.224 e. The lowest BCUT2D eigenvalue weighted by Crippen LogP contribution is -2.42. The van der Waals surface area contributed by atoms with Gasteiger partial charge in [0.1, 0.15) is 0 Å². The van der Waals surface area contributed by atoms with Crippen molar-refractivity contribution in [3.05, 3.63) is 89.2 Å². The van der Waals surface area contributed by atoms with Crippen molar-refractivity contribution in [3.8, 4) is 0 Å². The molecule has 0 bridgehead atoms. The summed E-state index contributed by atoms with van der Waals surface area (Å²) in [7, 11) is -6.43. The van der Waals surface area contributed by atoms with E-state index in [1.54, 1.807) is 48.5 Å². The molecule has 7 heteroatoms. The number of pyridine rings is 1. The molecule has 0 N–H and O–H groups in total. The lowest BCUT2D eigenvalue weighted by Gasteiger charge is -2.07. The van der Waals surface area contributed by atoms with Crippen LogP contribution in [0.1, 0.15) is 36.4 Å². The number of hydrogen-bond donors (Lipinski definition) is 0. The zero-order chi connectivity index (χ0) is 24.9. The number of rotatable bonds is 8. The SMILES string of the molecule is CC(C)C[n+]1c(/C=C/c2ccc(S(C)(=O)=O)cc2)cccc1/C=C/c1ccc(S(C)(=O)=O)cc1. The Kier molecular flexibility index (Phi) is 7.89. The van der Waals surface area contributed by atoms with Gasteiger partial charge in [0, 0.05) is 42.7 Å². The second-order valence-corrected chi connectivity index (χ2v) is 12.8. The number of hydrogen-bond acceptors (Lipinski definition) is 4. The lowest BCUT2D eigenvalue weighted by molar-refractivity contribution is -0.705. The minimum absolute atomic E-state index is 0.302. The molecule has 1 heterocycles. The molecule has 0 unspecified atom stereocenters. The van der Waals surface area contributed by atoms with Crippen LogP contribution in [0.2, 0.25) is 0 Å². The first-order valence-electron chi connectivity index (χ1n) is 10.9. The molecule has 3 rings (SSSR count). The van der Waals surface area contributed by atoms with Crippen LogP contribution in [0.25, 0.3) is 24.3 Å².